The van der Waals surface area contributed by atoms with E-state index in [2.05, 4.69) is 0 Å². The molecule has 0 spiro atoms. The summed E-state index contributed by atoms with van der Waals surface area (Å²) >= 11 is 0. The first-order valence-electron chi connectivity index (χ1n) is 4.41. The average Bonchev–Trinajstić information content (AvgIpc) is 2.03. The summed E-state index contributed by atoms with van der Waals surface area (Å²) in [5, 5.41) is 8.93. The van der Waals surface area contributed by atoms with Crippen LogP contribution in [0.25, 0.3) is 0 Å². The van der Waals surface area contributed by atoms with Crippen LogP contribution in [0.1, 0.15) is 25.7 Å². The third-order valence-corrected chi connectivity index (χ3v) is 2.60. The van der Waals surface area contributed by atoms with Crippen LogP contribution in [0, 0.1) is 5.92 Å². The summed E-state index contributed by atoms with van der Waals surface area (Å²) in [6, 6.07) is 0.0108. The number of aliphatic hydroxyl groups is 1. The van der Waals surface area contributed by atoms with Gasteiger partial charge in [0.15, 0.2) is 6.10 Å². The van der Waals surface area contributed by atoms with Gasteiger partial charge in [-0.1, -0.05) is 0 Å². The Labute approximate surface area is 74.9 Å². The second-order valence-corrected chi connectivity index (χ2v) is 3.66. The molecule has 1 atom stereocenters. The second kappa shape index (κ2) is 3.84. The number of hydrogen-bond acceptors (Lipinski definition) is 2. The van der Waals surface area contributed by atoms with Gasteiger partial charge in [-0.2, -0.15) is 13.2 Å². The summed E-state index contributed by atoms with van der Waals surface area (Å²) in [6.07, 6.45) is -4.73. The first kappa shape index (κ1) is 10.8. The third-order valence-electron chi connectivity index (χ3n) is 2.60. The van der Waals surface area contributed by atoms with Gasteiger partial charge < -0.3 is 10.8 Å². The molecule has 0 radical (unpaired) electrons. The highest BCUT2D eigenvalue weighted by molar-refractivity contribution is 4.82. The normalized spacial score (nSPS) is 33.0. The highest BCUT2D eigenvalue weighted by Gasteiger charge is 2.43. The lowest BCUT2D eigenvalue weighted by atomic mass is 9.83. The molecule has 1 aliphatic rings. The molecular weight excluding hydrogens is 183 g/mol. The van der Waals surface area contributed by atoms with Crippen LogP contribution >= 0.6 is 0 Å². The fourth-order valence-electron chi connectivity index (χ4n) is 1.73. The predicted octanol–water partition coefficient (Wildman–Crippen LogP) is 1.43. The van der Waals surface area contributed by atoms with Gasteiger partial charge in [-0.05, 0) is 31.6 Å². The van der Waals surface area contributed by atoms with Crippen LogP contribution in [0.3, 0.4) is 0 Å². The Morgan fingerprint density at radius 3 is 2.00 bits per heavy atom. The fraction of sp³-hybridized carbons (Fsp3) is 1.00. The molecule has 0 unspecified atom stereocenters. The van der Waals surface area contributed by atoms with E-state index in [1.165, 1.54) is 0 Å². The maximum atomic E-state index is 12.0. The van der Waals surface area contributed by atoms with E-state index >= 15 is 0 Å². The number of aliphatic hydroxyl groups excluding tert-OH is 1. The van der Waals surface area contributed by atoms with Gasteiger partial charge in [0.2, 0.25) is 0 Å². The first-order valence-corrected chi connectivity index (χ1v) is 4.41. The van der Waals surface area contributed by atoms with E-state index in [0.717, 1.165) is 0 Å². The number of rotatable bonds is 1. The molecule has 0 aliphatic heterocycles. The topological polar surface area (TPSA) is 46.2 Å². The van der Waals surface area contributed by atoms with Gasteiger partial charge in [-0.15, -0.1) is 0 Å². The molecule has 0 aromatic carbocycles. The molecule has 78 valence electrons. The van der Waals surface area contributed by atoms with E-state index in [1.807, 2.05) is 0 Å². The lowest BCUT2D eigenvalue weighted by molar-refractivity contribution is -0.222. The minimum atomic E-state index is -4.48. The Kier molecular flexibility index (Phi) is 3.18. The van der Waals surface area contributed by atoms with Crippen molar-refractivity contribution in [3.63, 3.8) is 0 Å². The van der Waals surface area contributed by atoms with E-state index in [1.54, 1.807) is 0 Å². The molecule has 0 amide bonds. The Hall–Kier alpha value is -0.290. The Balaban J connectivity index is 2.45. The molecule has 5 heteroatoms. The number of nitrogens with two attached hydrogens (primary N) is 1. The van der Waals surface area contributed by atoms with Crippen LogP contribution in [0.5, 0.6) is 0 Å². The quantitative estimate of drug-likeness (QED) is 0.668. The van der Waals surface area contributed by atoms with Gasteiger partial charge in [-0.25, -0.2) is 0 Å². The highest BCUT2D eigenvalue weighted by atomic mass is 19.4. The van der Waals surface area contributed by atoms with E-state index < -0.39 is 18.2 Å². The summed E-state index contributed by atoms with van der Waals surface area (Å²) in [4.78, 5) is 0. The van der Waals surface area contributed by atoms with Crippen LogP contribution in [-0.4, -0.2) is 23.4 Å². The monoisotopic (exact) mass is 197 g/mol. The van der Waals surface area contributed by atoms with Crippen molar-refractivity contribution in [2.24, 2.45) is 11.7 Å². The summed E-state index contributed by atoms with van der Waals surface area (Å²) in [7, 11) is 0. The van der Waals surface area contributed by atoms with Crippen molar-refractivity contribution in [3.8, 4) is 0 Å². The van der Waals surface area contributed by atoms with Crippen LogP contribution < -0.4 is 5.73 Å². The Morgan fingerprint density at radius 2 is 1.62 bits per heavy atom. The zero-order valence-electron chi connectivity index (χ0n) is 7.22. The lowest BCUT2D eigenvalue weighted by Gasteiger charge is -2.30. The molecule has 13 heavy (non-hydrogen) atoms. The average molecular weight is 197 g/mol. The summed E-state index contributed by atoms with van der Waals surface area (Å²) in [5.74, 6) is -0.653. The molecule has 1 rings (SSSR count). The molecule has 1 aliphatic carbocycles. The molecular formula is C8H14F3NO. The van der Waals surface area contributed by atoms with E-state index in [4.69, 9.17) is 10.8 Å². The first-order chi connectivity index (χ1) is 5.91. The van der Waals surface area contributed by atoms with Crippen LogP contribution in [0.15, 0.2) is 0 Å². The third kappa shape index (κ3) is 2.84. The highest BCUT2D eigenvalue weighted by Crippen LogP contribution is 2.33. The van der Waals surface area contributed by atoms with Crippen molar-refractivity contribution in [2.45, 2.75) is 44.0 Å². The van der Waals surface area contributed by atoms with Crippen molar-refractivity contribution < 1.29 is 18.3 Å². The van der Waals surface area contributed by atoms with Gasteiger partial charge in [0.25, 0.3) is 0 Å². The maximum Gasteiger partial charge on any atom is 0.414 e. The van der Waals surface area contributed by atoms with Crippen molar-refractivity contribution in [2.75, 3.05) is 0 Å². The van der Waals surface area contributed by atoms with Gasteiger partial charge in [-0.3, -0.25) is 0 Å². The van der Waals surface area contributed by atoms with Gasteiger partial charge in [0, 0.05) is 6.04 Å². The summed E-state index contributed by atoms with van der Waals surface area (Å²) < 4.78 is 36.1. The molecule has 2 nitrogen and oxygen atoms in total. The van der Waals surface area contributed by atoms with Crippen molar-refractivity contribution >= 4 is 0 Å². The van der Waals surface area contributed by atoms with Crippen molar-refractivity contribution in [3.05, 3.63) is 0 Å². The molecule has 0 heterocycles. The smallest absolute Gasteiger partial charge is 0.383 e. The van der Waals surface area contributed by atoms with E-state index in [0.29, 0.717) is 25.7 Å². The molecule has 1 saturated carbocycles. The second-order valence-electron chi connectivity index (χ2n) is 3.66. The number of hydrogen-bond donors (Lipinski definition) is 2. The molecule has 0 saturated heterocycles. The summed E-state index contributed by atoms with van der Waals surface area (Å²) in [5.41, 5.74) is 5.54. The maximum absolute atomic E-state index is 12.0. The standard InChI is InChI=1S/C8H14F3NO/c9-8(10,11)7(13)5-1-3-6(12)4-2-5/h5-7,13H,1-4,12H2/t5?,6?,7-/m1/s1. The minimum absolute atomic E-state index is 0.0108. The zero-order valence-corrected chi connectivity index (χ0v) is 7.22. The molecule has 0 aromatic rings. The predicted molar refractivity (Wildman–Crippen MR) is 42.0 cm³/mol. The van der Waals surface area contributed by atoms with Gasteiger partial charge in [0.05, 0.1) is 0 Å². The van der Waals surface area contributed by atoms with E-state index in [-0.39, 0.29) is 6.04 Å². The molecule has 3 N–H and O–H groups in total. The largest absolute Gasteiger partial charge is 0.414 e. The van der Waals surface area contributed by atoms with Crippen LogP contribution in [0.4, 0.5) is 13.2 Å². The van der Waals surface area contributed by atoms with Crippen LogP contribution in [0.2, 0.25) is 0 Å². The van der Waals surface area contributed by atoms with Gasteiger partial charge >= 0.3 is 6.18 Å². The number of alkyl halides is 3. The molecule has 0 aromatic heterocycles. The zero-order chi connectivity index (χ0) is 10.1. The molecule has 1 fully saturated rings. The Morgan fingerprint density at radius 1 is 1.15 bits per heavy atom. The minimum Gasteiger partial charge on any atom is -0.383 e. The molecule has 0 bridgehead atoms. The SMILES string of the molecule is NC1CCC([C@@H](O)C(F)(F)F)CC1. The van der Waals surface area contributed by atoms with E-state index in [9.17, 15) is 13.2 Å². The van der Waals surface area contributed by atoms with Gasteiger partial charge in [0.1, 0.15) is 0 Å². The summed E-state index contributed by atoms with van der Waals surface area (Å²) in [6.45, 7) is 0. The Bertz CT molecular complexity index is 163. The van der Waals surface area contributed by atoms with Crippen LogP contribution in [-0.2, 0) is 0 Å². The van der Waals surface area contributed by atoms with Crippen molar-refractivity contribution in [1.82, 2.24) is 0 Å². The lowest BCUT2D eigenvalue weighted by Crippen LogP contribution is -2.39. The fourth-order valence-corrected chi connectivity index (χ4v) is 1.73. The number of halogens is 3. The van der Waals surface area contributed by atoms with Crippen molar-refractivity contribution in [1.29, 1.82) is 0 Å².